The van der Waals surface area contributed by atoms with Crippen LogP contribution in [0.1, 0.15) is 46.7 Å². The highest BCUT2D eigenvalue weighted by atomic mass is 16.5. The van der Waals surface area contributed by atoms with Gasteiger partial charge in [0.15, 0.2) is 0 Å². The van der Waals surface area contributed by atoms with E-state index in [1.807, 2.05) is 67.6 Å². The Bertz CT molecular complexity index is 1310. The average molecular weight is 454 g/mol. The molecule has 0 spiro atoms. The number of amides is 1. The van der Waals surface area contributed by atoms with Crippen LogP contribution in [0.4, 0.5) is 5.69 Å². The van der Waals surface area contributed by atoms with Gasteiger partial charge in [-0.15, -0.1) is 0 Å². The molecule has 5 heteroatoms. The lowest BCUT2D eigenvalue weighted by molar-refractivity contribution is -0.132. The van der Waals surface area contributed by atoms with E-state index in [-0.39, 0.29) is 11.3 Å². The second-order valence-corrected chi connectivity index (χ2v) is 8.94. The molecule has 3 aromatic rings. The fourth-order valence-electron chi connectivity index (χ4n) is 5.03. The Morgan fingerprint density at radius 1 is 0.941 bits per heavy atom. The van der Waals surface area contributed by atoms with Gasteiger partial charge in [-0.1, -0.05) is 48.0 Å². The number of nitrogens with zero attached hydrogens (tertiary/aromatic N) is 1. The van der Waals surface area contributed by atoms with Crippen LogP contribution in [0.5, 0.6) is 5.75 Å². The Kier molecular flexibility index (Phi) is 5.70. The van der Waals surface area contributed by atoms with Crippen molar-refractivity contribution in [2.45, 2.75) is 38.6 Å². The minimum absolute atomic E-state index is 0.0748. The number of para-hydroxylation sites is 1. The van der Waals surface area contributed by atoms with Crippen LogP contribution in [0.2, 0.25) is 0 Å². The summed E-state index contributed by atoms with van der Waals surface area (Å²) in [6.45, 7) is 1.96. The highest BCUT2D eigenvalue weighted by Gasteiger charge is 2.47. The molecule has 1 amide bonds. The monoisotopic (exact) mass is 453 g/mol. The van der Waals surface area contributed by atoms with Gasteiger partial charge in [0.2, 0.25) is 0 Å². The number of methoxy groups -OCH3 is 1. The molecule has 1 aliphatic carbocycles. The molecule has 34 heavy (non-hydrogen) atoms. The zero-order valence-electron chi connectivity index (χ0n) is 19.4. The molecule has 0 aromatic heterocycles. The maximum absolute atomic E-state index is 13.4. The number of benzene rings is 3. The first-order chi connectivity index (χ1) is 16.5. The van der Waals surface area contributed by atoms with Crippen molar-refractivity contribution in [3.63, 3.8) is 0 Å². The van der Waals surface area contributed by atoms with Crippen molar-refractivity contribution >= 4 is 23.1 Å². The number of rotatable bonds is 4. The molecule has 1 aliphatic heterocycles. The molecule has 0 saturated carbocycles. The molecule has 1 unspecified atom stereocenters. The Morgan fingerprint density at radius 2 is 1.65 bits per heavy atom. The van der Waals surface area contributed by atoms with Crippen molar-refractivity contribution in [3.8, 4) is 5.75 Å². The molecule has 0 bridgehead atoms. The number of fused-ring (bicyclic) bond motifs is 1. The molecule has 1 N–H and O–H groups in total. The number of aliphatic hydroxyl groups excluding tert-OH is 1. The number of carbonyl (C=O) groups is 2. The van der Waals surface area contributed by atoms with Gasteiger partial charge in [-0.2, -0.15) is 0 Å². The summed E-state index contributed by atoms with van der Waals surface area (Å²) in [6, 6.07) is 19.8. The summed E-state index contributed by atoms with van der Waals surface area (Å²) >= 11 is 0. The number of ketones is 1. The van der Waals surface area contributed by atoms with Crippen molar-refractivity contribution in [1.29, 1.82) is 0 Å². The molecule has 3 aromatic carbocycles. The first-order valence-electron chi connectivity index (χ1n) is 11.6. The van der Waals surface area contributed by atoms with Gasteiger partial charge in [0.1, 0.15) is 11.5 Å². The fraction of sp³-hybridized carbons (Fsp3) is 0.241. The van der Waals surface area contributed by atoms with Crippen LogP contribution in [-0.4, -0.2) is 23.9 Å². The normalized spacial score (nSPS) is 19.2. The maximum Gasteiger partial charge on any atom is 0.300 e. The molecule has 1 saturated heterocycles. The zero-order valence-corrected chi connectivity index (χ0v) is 19.4. The molecule has 0 radical (unpaired) electrons. The lowest BCUT2D eigenvalue weighted by Gasteiger charge is -2.27. The van der Waals surface area contributed by atoms with Gasteiger partial charge in [0, 0.05) is 16.8 Å². The fourth-order valence-corrected chi connectivity index (χ4v) is 5.03. The SMILES string of the molecule is COc1ccccc1C1/C(=C(\O)c2ccc3c(c2)CCCC3)C(=O)C(=O)N1c1ccc(C)cc1. The number of Topliss-reactive ketones (excluding diaryl/α,β-unsaturated/α-hetero) is 1. The molecule has 5 rings (SSSR count). The molecule has 2 aliphatic rings. The van der Waals surface area contributed by atoms with E-state index in [0.717, 1.165) is 31.2 Å². The van der Waals surface area contributed by atoms with Crippen LogP contribution >= 0.6 is 0 Å². The van der Waals surface area contributed by atoms with Gasteiger partial charge in [-0.3, -0.25) is 14.5 Å². The lowest BCUT2D eigenvalue weighted by atomic mass is 9.88. The molecule has 1 fully saturated rings. The van der Waals surface area contributed by atoms with E-state index < -0.39 is 17.7 Å². The van der Waals surface area contributed by atoms with Crippen molar-refractivity contribution in [1.82, 2.24) is 0 Å². The van der Waals surface area contributed by atoms with Gasteiger partial charge < -0.3 is 9.84 Å². The third kappa shape index (κ3) is 3.67. The van der Waals surface area contributed by atoms with E-state index in [9.17, 15) is 14.7 Å². The van der Waals surface area contributed by atoms with Crippen molar-refractivity contribution in [3.05, 3.63) is 100 Å². The largest absolute Gasteiger partial charge is 0.507 e. The summed E-state index contributed by atoms with van der Waals surface area (Å²) in [6.07, 6.45) is 4.24. The third-order valence-corrected chi connectivity index (χ3v) is 6.81. The second-order valence-electron chi connectivity index (χ2n) is 8.94. The number of aliphatic hydroxyl groups is 1. The number of hydrogen-bond donors (Lipinski definition) is 1. The maximum atomic E-state index is 13.4. The van der Waals surface area contributed by atoms with E-state index in [1.165, 1.54) is 16.0 Å². The summed E-state index contributed by atoms with van der Waals surface area (Å²) < 4.78 is 5.59. The van der Waals surface area contributed by atoms with Crippen LogP contribution in [0.15, 0.2) is 72.3 Å². The highest BCUT2D eigenvalue weighted by Crippen LogP contribution is 2.45. The topological polar surface area (TPSA) is 66.8 Å². The Balaban J connectivity index is 1.72. The van der Waals surface area contributed by atoms with E-state index in [0.29, 0.717) is 22.6 Å². The van der Waals surface area contributed by atoms with Crippen LogP contribution in [0.25, 0.3) is 5.76 Å². The van der Waals surface area contributed by atoms with Gasteiger partial charge in [0.05, 0.1) is 18.7 Å². The zero-order chi connectivity index (χ0) is 23.8. The highest BCUT2D eigenvalue weighted by molar-refractivity contribution is 6.51. The average Bonchev–Trinajstić information content (AvgIpc) is 3.13. The number of carbonyl (C=O) groups excluding carboxylic acids is 2. The predicted molar refractivity (Wildman–Crippen MR) is 132 cm³/mol. The van der Waals surface area contributed by atoms with E-state index >= 15 is 0 Å². The van der Waals surface area contributed by atoms with Gasteiger partial charge in [0.25, 0.3) is 11.7 Å². The minimum atomic E-state index is -0.810. The van der Waals surface area contributed by atoms with Crippen LogP contribution in [0.3, 0.4) is 0 Å². The second kappa shape index (κ2) is 8.82. The standard InChI is InChI=1S/C29H27NO4/c1-18-11-15-22(16-12-18)30-26(23-9-5-6-10-24(23)34-2)25(28(32)29(30)33)27(31)21-14-13-19-7-3-4-8-20(19)17-21/h5-6,9-17,26,31H,3-4,7-8H2,1-2H3/b27-25+. The molecule has 5 nitrogen and oxygen atoms in total. The molecule has 172 valence electrons. The van der Waals surface area contributed by atoms with Gasteiger partial charge in [-0.25, -0.2) is 0 Å². The minimum Gasteiger partial charge on any atom is -0.507 e. The van der Waals surface area contributed by atoms with Crippen LogP contribution in [0, 0.1) is 6.92 Å². The number of ether oxygens (including phenoxy) is 1. The van der Waals surface area contributed by atoms with Crippen molar-refractivity contribution in [2.24, 2.45) is 0 Å². The molecular weight excluding hydrogens is 426 g/mol. The summed E-state index contributed by atoms with van der Waals surface area (Å²) in [5.41, 5.74) is 5.38. The van der Waals surface area contributed by atoms with Crippen LogP contribution < -0.4 is 9.64 Å². The number of anilines is 1. The third-order valence-electron chi connectivity index (χ3n) is 6.81. The Hall–Kier alpha value is -3.86. The first kappa shape index (κ1) is 22.0. The predicted octanol–water partition coefficient (Wildman–Crippen LogP) is 5.51. The summed E-state index contributed by atoms with van der Waals surface area (Å²) in [4.78, 5) is 28.2. The first-order valence-corrected chi connectivity index (χ1v) is 11.6. The molecule has 1 atom stereocenters. The number of hydrogen-bond acceptors (Lipinski definition) is 4. The summed E-state index contributed by atoms with van der Waals surface area (Å²) in [5, 5.41) is 11.5. The van der Waals surface area contributed by atoms with E-state index in [2.05, 4.69) is 0 Å². The Morgan fingerprint density at radius 3 is 2.38 bits per heavy atom. The van der Waals surface area contributed by atoms with E-state index in [4.69, 9.17) is 4.74 Å². The van der Waals surface area contributed by atoms with Crippen LogP contribution in [-0.2, 0) is 22.4 Å². The molecule has 1 heterocycles. The van der Waals surface area contributed by atoms with Gasteiger partial charge in [-0.05, 0) is 68.0 Å². The van der Waals surface area contributed by atoms with E-state index in [1.54, 1.807) is 13.2 Å². The lowest BCUT2D eigenvalue weighted by Crippen LogP contribution is -2.29. The van der Waals surface area contributed by atoms with Crippen molar-refractivity contribution < 1.29 is 19.4 Å². The molecular formula is C29H27NO4. The number of aryl methyl sites for hydroxylation is 3. The summed E-state index contributed by atoms with van der Waals surface area (Å²) in [5.74, 6) is -0.980. The van der Waals surface area contributed by atoms with Gasteiger partial charge >= 0.3 is 0 Å². The quantitative estimate of drug-likeness (QED) is 0.321. The van der Waals surface area contributed by atoms with Crippen molar-refractivity contribution in [2.75, 3.05) is 12.0 Å². The smallest absolute Gasteiger partial charge is 0.300 e. The Labute approximate surface area is 199 Å². The summed E-state index contributed by atoms with van der Waals surface area (Å²) in [7, 11) is 1.56.